The molecule has 1 N–H and O–H groups in total. The highest BCUT2D eigenvalue weighted by molar-refractivity contribution is 7.78. The number of hydrogen-bond acceptors (Lipinski definition) is 3. The predicted molar refractivity (Wildman–Crippen MR) is 70.5 cm³/mol. The minimum absolute atomic E-state index is 0.249. The van der Waals surface area contributed by atoms with Gasteiger partial charge in [0, 0.05) is 12.2 Å². The van der Waals surface area contributed by atoms with E-state index >= 15 is 0 Å². The van der Waals surface area contributed by atoms with Crippen molar-refractivity contribution in [3.05, 3.63) is 49.6 Å². The maximum atomic E-state index is 11.5. The first-order chi connectivity index (χ1) is 8.54. The molecule has 0 heterocycles. The minimum atomic E-state index is -2.69. The second kappa shape index (κ2) is 9.26. The highest BCUT2D eigenvalue weighted by Gasteiger charge is 2.22. The molecule has 0 saturated carbocycles. The van der Waals surface area contributed by atoms with E-state index in [2.05, 4.69) is 13.2 Å². The van der Waals surface area contributed by atoms with Crippen LogP contribution in [0.3, 0.4) is 0 Å². The number of carbonyl (C=O) groups excluding carboxylic acids is 2. The van der Waals surface area contributed by atoms with Gasteiger partial charge < -0.3 is 0 Å². The van der Waals surface area contributed by atoms with Gasteiger partial charge in [0.25, 0.3) is 23.1 Å². The molecular weight excluding hydrogens is 254 g/mol. The van der Waals surface area contributed by atoms with Crippen molar-refractivity contribution in [2.24, 2.45) is 0 Å². The summed E-state index contributed by atoms with van der Waals surface area (Å²) in [5.41, 5.74) is 0. The zero-order valence-corrected chi connectivity index (χ0v) is 10.6. The second-order valence-corrected chi connectivity index (χ2v) is 3.88. The summed E-state index contributed by atoms with van der Waals surface area (Å²) in [4.78, 5) is 23.0. The van der Waals surface area contributed by atoms with Gasteiger partial charge in [0.05, 0.1) is 0 Å². The van der Waals surface area contributed by atoms with Crippen molar-refractivity contribution in [2.75, 3.05) is 0 Å². The van der Waals surface area contributed by atoms with Crippen LogP contribution in [-0.2, 0) is 20.9 Å². The van der Waals surface area contributed by atoms with Crippen molar-refractivity contribution in [3.63, 3.8) is 0 Å². The third kappa shape index (κ3) is 6.07. The van der Waals surface area contributed by atoms with Crippen LogP contribution < -0.4 is 0 Å². The van der Waals surface area contributed by atoms with Crippen molar-refractivity contribution < 1.29 is 18.4 Å². The van der Waals surface area contributed by atoms with Gasteiger partial charge in [-0.25, -0.2) is 4.21 Å². The Morgan fingerprint density at radius 3 is 1.72 bits per heavy atom. The van der Waals surface area contributed by atoms with Gasteiger partial charge in [-0.1, -0.05) is 24.3 Å². The molecule has 2 amide bonds. The molecule has 0 bridgehead atoms. The predicted octanol–water partition coefficient (Wildman–Crippen LogP) is 1.74. The molecule has 0 rings (SSSR count). The number of allylic oxidation sites excluding steroid dienone is 4. The number of imide groups is 1. The third-order valence-corrected chi connectivity index (χ3v) is 2.36. The Morgan fingerprint density at radius 1 is 1.06 bits per heavy atom. The summed E-state index contributed by atoms with van der Waals surface area (Å²) in [6.45, 7) is 6.90. The van der Waals surface area contributed by atoms with Crippen LogP contribution in [0.4, 0.5) is 0 Å². The van der Waals surface area contributed by atoms with Crippen LogP contribution in [0.1, 0.15) is 12.8 Å². The SMILES string of the molecule is C=CCC=CC(=O)N(C(=O)C=CCC=C)S(=O)O. The van der Waals surface area contributed by atoms with E-state index in [1.54, 1.807) is 12.2 Å². The molecule has 0 radical (unpaired) electrons. The molecule has 0 aromatic carbocycles. The van der Waals surface area contributed by atoms with Crippen LogP contribution in [-0.4, -0.2) is 24.9 Å². The Bertz CT molecular complexity index is 380. The quantitative estimate of drug-likeness (QED) is 0.434. The lowest BCUT2D eigenvalue weighted by atomic mass is 10.3. The first-order valence-electron chi connectivity index (χ1n) is 5.08. The third-order valence-electron chi connectivity index (χ3n) is 1.68. The van der Waals surface area contributed by atoms with E-state index < -0.39 is 23.1 Å². The van der Waals surface area contributed by atoms with Gasteiger partial charge in [-0.3, -0.25) is 14.1 Å². The summed E-state index contributed by atoms with van der Waals surface area (Å²) in [5, 5.41) is 0. The Balaban J connectivity index is 4.80. The van der Waals surface area contributed by atoms with Gasteiger partial charge in [-0.05, 0) is 12.8 Å². The van der Waals surface area contributed by atoms with Crippen molar-refractivity contribution in [2.45, 2.75) is 12.8 Å². The normalized spacial score (nSPS) is 12.5. The molecule has 0 fully saturated rings. The average molecular weight is 269 g/mol. The first kappa shape index (κ1) is 16.2. The van der Waals surface area contributed by atoms with Gasteiger partial charge in [-0.15, -0.1) is 13.2 Å². The van der Waals surface area contributed by atoms with Crippen LogP contribution in [0, 0.1) is 0 Å². The fourth-order valence-corrected chi connectivity index (χ4v) is 1.36. The Kier molecular flexibility index (Phi) is 8.34. The first-order valence-corrected chi connectivity index (χ1v) is 6.14. The van der Waals surface area contributed by atoms with Gasteiger partial charge in [-0.2, -0.15) is 4.31 Å². The molecular formula is C12H15NO4S. The molecule has 0 aliphatic carbocycles. The molecule has 0 aliphatic rings. The van der Waals surface area contributed by atoms with Gasteiger partial charge in [0.2, 0.25) is 0 Å². The highest BCUT2D eigenvalue weighted by atomic mass is 32.2. The summed E-state index contributed by atoms with van der Waals surface area (Å²) in [6, 6.07) is 0. The fourth-order valence-electron chi connectivity index (χ4n) is 0.928. The maximum Gasteiger partial charge on any atom is 0.271 e. The summed E-state index contributed by atoms with van der Waals surface area (Å²) in [6.07, 6.45) is 8.94. The molecule has 98 valence electrons. The molecule has 18 heavy (non-hydrogen) atoms. The van der Waals surface area contributed by atoms with E-state index in [4.69, 9.17) is 4.55 Å². The topological polar surface area (TPSA) is 74.7 Å². The average Bonchev–Trinajstić information content (AvgIpc) is 2.29. The summed E-state index contributed by atoms with van der Waals surface area (Å²) in [5.74, 6) is -1.71. The molecule has 0 aromatic heterocycles. The lowest BCUT2D eigenvalue weighted by Gasteiger charge is -2.11. The number of nitrogens with zero attached hydrogens (tertiary/aromatic N) is 1. The number of hydrogen-bond donors (Lipinski definition) is 1. The Labute approximate surface area is 109 Å². The van der Waals surface area contributed by atoms with Crippen LogP contribution in [0.15, 0.2) is 49.6 Å². The van der Waals surface area contributed by atoms with Gasteiger partial charge >= 0.3 is 0 Å². The van der Waals surface area contributed by atoms with Crippen LogP contribution in [0.25, 0.3) is 0 Å². The van der Waals surface area contributed by atoms with E-state index in [0.29, 0.717) is 12.8 Å². The molecule has 0 spiro atoms. The van der Waals surface area contributed by atoms with E-state index in [1.165, 1.54) is 12.2 Å². The highest BCUT2D eigenvalue weighted by Crippen LogP contribution is 2.00. The van der Waals surface area contributed by atoms with E-state index in [9.17, 15) is 13.8 Å². The molecule has 5 nitrogen and oxygen atoms in total. The molecule has 1 atom stereocenters. The van der Waals surface area contributed by atoms with E-state index in [1.807, 2.05) is 0 Å². The Morgan fingerprint density at radius 2 is 1.44 bits per heavy atom. The zero-order valence-electron chi connectivity index (χ0n) is 9.82. The lowest BCUT2D eigenvalue weighted by Crippen LogP contribution is -2.35. The van der Waals surface area contributed by atoms with Crippen molar-refractivity contribution in [1.82, 2.24) is 4.31 Å². The summed E-state index contributed by atoms with van der Waals surface area (Å²) in [7, 11) is 0. The van der Waals surface area contributed by atoms with Crippen molar-refractivity contribution >= 4 is 23.1 Å². The smallest absolute Gasteiger partial charge is 0.271 e. The number of rotatable bonds is 7. The number of amides is 2. The van der Waals surface area contributed by atoms with Gasteiger partial charge in [0.1, 0.15) is 0 Å². The molecule has 1 unspecified atom stereocenters. The van der Waals surface area contributed by atoms with Crippen LogP contribution in [0.2, 0.25) is 0 Å². The Hall–Kier alpha value is -1.79. The molecule has 0 aromatic rings. The molecule has 0 aliphatic heterocycles. The zero-order chi connectivity index (χ0) is 14.0. The van der Waals surface area contributed by atoms with Crippen molar-refractivity contribution in [1.29, 1.82) is 0 Å². The van der Waals surface area contributed by atoms with Crippen molar-refractivity contribution in [3.8, 4) is 0 Å². The van der Waals surface area contributed by atoms with Crippen LogP contribution in [0.5, 0.6) is 0 Å². The van der Waals surface area contributed by atoms with Gasteiger partial charge in [0.15, 0.2) is 0 Å². The molecule has 6 heteroatoms. The fraction of sp³-hybridized carbons (Fsp3) is 0.167. The lowest BCUT2D eigenvalue weighted by molar-refractivity contribution is -0.132. The number of carbonyl (C=O) groups is 2. The minimum Gasteiger partial charge on any atom is -0.289 e. The maximum absolute atomic E-state index is 11.5. The summed E-state index contributed by atoms with van der Waals surface area (Å²) >= 11 is -2.69. The monoisotopic (exact) mass is 269 g/mol. The molecule has 0 saturated heterocycles. The van der Waals surface area contributed by atoms with E-state index in [-0.39, 0.29) is 4.31 Å². The summed E-state index contributed by atoms with van der Waals surface area (Å²) < 4.78 is 20.1. The second-order valence-electron chi connectivity index (χ2n) is 3.06. The largest absolute Gasteiger partial charge is 0.289 e. The standard InChI is InChI=1S/C12H15NO4S/c1-3-5-7-9-11(14)13(18(16)17)12(15)10-8-6-4-2/h3-4,7-10H,1-2,5-6H2,(H,16,17). The van der Waals surface area contributed by atoms with E-state index in [0.717, 1.165) is 12.2 Å². The van der Waals surface area contributed by atoms with Crippen LogP contribution >= 0.6 is 0 Å².